The summed E-state index contributed by atoms with van der Waals surface area (Å²) in [7, 11) is -3.69. The summed E-state index contributed by atoms with van der Waals surface area (Å²) in [5, 5.41) is 3.45. The Kier molecular flexibility index (Phi) is 6.44. The van der Waals surface area contributed by atoms with E-state index in [1.807, 2.05) is 18.2 Å². The predicted octanol–water partition coefficient (Wildman–Crippen LogP) is 3.39. The number of benzene rings is 2. The Morgan fingerprint density at radius 2 is 1.77 bits per heavy atom. The van der Waals surface area contributed by atoms with Crippen LogP contribution >= 0.6 is 11.6 Å². The van der Waals surface area contributed by atoms with Crippen molar-refractivity contribution in [2.24, 2.45) is 0 Å². The van der Waals surface area contributed by atoms with E-state index in [-0.39, 0.29) is 10.8 Å². The summed E-state index contributed by atoms with van der Waals surface area (Å²) >= 11 is 5.94. The third kappa shape index (κ3) is 6.12. The van der Waals surface area contributed by atoms with Gasteiger partial charge in [0.25, 0.3) is 5.91 Å². The normalized spacial score (nSPS) is 12.0. The molecule has 0 aliphatic heterocycles. The van der Waals surface area contributed by atoms with Gasteiger partial charge in [-0.2, -0.15) is 0 Å². The first kappa shape index (κ1) is 20.4. The lowest BCUT2D eigenvalue weighted by molar-refractivity contribution is 0.0954. The van der Waals surface area contributed by atoms with Crippen molar-refractivity contribution in [1.29, 1.82) is 0 Å². The number of amides is 1. The zero-order valence-electron chi connectivity index (χ0n) is 15.0. The van der Waals surface area contributed by atoms with Crippen LogP contribution in [0.1, 0.15) is 36.7 Å². The van der Waals surface area contributed by atoms with Crippen molar-refractivity contribution < 1.29 is 13.2 Å². The van der Waals surface area contributed by atoms with Gasteiger partial charge >= 0.3 is 0 Å². The van der Waals surface area contributed by atoms with Crippen LogP contribution in [0.4, 0.5) is 0 Å². The first-order chi connectivity index (χ1) is 12.1. The summed E-state index contributed by atoms with van der Waals surface area (Å²) in [6, 6.07) is 13.4. The lowest BCUT2D eigenvalue weighted by Crippen LogP contribution is -2.40. The van der Waals surface area contributed by atoms with Gasteiger partial charge in [0.1, 0.15) is 0 Å². The molecule has 26 heavy (non-hydrogen) atoms. The van der Waals surface area contributed by atoms with E-state index in [2.05, 4.69) is 10.0 Å². The summed E-state index contributed by atoms with van der Waals surface area (Å²) in [6.07, 6.45) is 0.635. The minimum absolute atomic E-state index is 0.0647. The van der Waals surface area contributed by atoms with E-state index in [9.17, 15) is 13.2 Å². The number of carbonyl (C=O) groups is 1. The highest BCUT2D eigenvalue weighted by Gasteiger charge is 2.22. The Balaban J connectivity index is 2.03. The molecule has 5 nitrogen and oxygen atoms in total. The van der Waals surface area contributed by atoms with E-state index >= 15 is 0 Å². The number of sulfonamides is 1. The Morgan fingerprint density at radius 1 is 1.08 bits per heavy atom. The Bertz CT molecular complexity index is 890. The van der Waals surface area contributed by atoms with E-state index in [4.69, 9.17) is 11.6 Å². The average Bonchev–Trinajstić information content (AvgIpc) is 2.53. The third-order valence-electron chi connectivity index (χ3n) is 3.44. The molecule has 0 saturated carbocycles. The molecule has 0 aliphatic rings. The van der Waals surface area contributed by atoms with Crippen LogP contribution in [0.5, 0.6) is 0 Å². The van der Waals surface area contributed by atoms with Crippen molar-refractivity contribution in [2.45, 2.75) is 37.6 Å². The molecule has 2 N–H and O–H groups in total. The summed E-state index contributed by atoms with van der Waals surface area (Å²) in [5.41, 5.74) is 0.713. The van der Waals surface area contributed by atoms with Crippen LogP contribution in [-0.2, 0) is 16.4 Å². The Hall–Kier alpha value is -1.89. The molecular formula is C19H23ClN2O3S. The fourth-order valence-electron chi connectivity index (χ4n) is 2.38. The van der Waals surface area contributed by atoms with Crippen molar-refractivity contribution in [1.82, 2.24) is 10.0 Å². The zero-order chi connectivity index (χ0) is 19.4. The van der Waals surface area contributed by atoms with Crippen LogP contribution in [0, 0.1) is 0 Å². The topological polar surface area (TPSA) is 75.3 Å². The van der Waals surface area contributed by atoms with Crippen molar-refractivity contribution in [3.8, 4) is 0 Å². The van der Waals surface area contributed by atoms with Crippen molar-refractivity contribution in [3.05, 3.63) is 64.7 Å². The van der Waals surface area contributed by atoms with Gasteiger partial charge in [-0.05, 0) is 63.1 Å². The van der Waals surface area contributed by atoms with Gasteiger partial charge in [0.05, 0.1) is 4.90 Å². The molecule has 1 amide bonds. The molecule has 7 heteroatoms. The van der Waals surface area contributed by atoms with Gasteiger partial charge in [0.2, 0.25) is 10.0 Å². The molecule has 0 radical (unpaired) electrons. The molecule has 2 aromatic rings. The summed E-state index contributed by atoms with van der Waals surface area (Å²) in [5.74, 6) is -0.320. The summed E-state index contributed by atoms with van der Waals surface area (Å²) < 4.78 is 27.4. The third-order valence-corrected chi connectivity index (χ3v) is 5.43. The van der Waals surface area contributed by atoms with Crippen LogP contribution in [-0.4, -0.2) is 26.4 Å². The first-order valence-corrected chi connectivity index (χ1v) is 10.1. The molecule has 2 aromatic carbocycles. The fraction of sp³-hybridized carbons (Fsp3) is 0.316. The van der Waals surface area contributed by atoms with Gasteiger partial charge in [-0.15, -0.1) is 0 Å². The van der Waals surface area contributed by atoms with E-state index < -0.39 is 15.6 Å². The van der Waals surface area contributed by atoms with Gasteiger partial charge < -0.3 is 5.32 Å². The smallest absolute Gasteiger partial charge is 0.251 e. The second kappa shape index (κ2) is 8.20. The molecular weight excluding hydrogens is 372 g/mol. The second-order valence-corrected chi connectivity index (χ2v) is 9.14. The monoisotopic (exact) mass is 394 g/mol. The standard InChI is InChI=1S/C19H23ClN2O3S/c1-19(2,3)22-26(24,25)17-9-5-7-15(13-17)18(23)21-11-10-14-6-4-8-16(20)12-14/h4-9,12-13,22H,10-11H2,1-3H3,(H,21,23). The Labute approximate surface area is 159 Å². The molecule has 0 saturated heterocycles. The van der Waals surface area contributed by atoms with Gasteiger partial charge in [-0.25, -0.2) is 13.1 Å². The number of rotatable bonds is 6. The zero-order valence-corrected chi connectivity index (χ0v) is 16.6. The minimum atomic E-state index is -3.69. The molecule has 0 aliphatic carbocycles. The van der Waals surface area contributed by atoms with Crippen LogP contribution in [0.25, 0.3) is 0 Å². The highest BCUT2D eigenvalue weighted by molar-refractivity contribution is 7.89. The molecule has 2 rings (SSSR count). The van der Waals surface area contributed by atoms with Crippen molar-refractivity contribution >= 4 is 27.5 Å². The largest absolute Gasteiger partial charge is 0.352 e. The van der Waals surface area contributed by atoms with E-state index in [0.29, 0.717) is 23.6 Å². The number of nitrogens with one attached hydrogen (secondary N) is 2. The Morgan fingerprint density at radius 3 is 2.42 bits per heavy atom. The number of halogens is 1. The van der Waals surface area contributed by atoms with E-state index in [1.165, 1.54) is 12.1 Å². The van der Waals surface area contributed by atoms with Crippen molar-refractivity contribution in [3.63, 3.8) is 0 Å². The van der Waals surface area contributed by atoms with Crippen LogP contribution in [0.15, 0.2) is 53.4 Å². The molecule has 0 aromatic heterocycles. The van der Waals surface area contributed by atoms with Gasteiger partial charge in [0.15, 0.2) is 0 Å². The number of carbonyl (C=O) groups excluding carboxylic acids is 1. The average molecular weight is 395 g/mol. The summed E-state index contributed by atoms with van der Waals surface area (Å²) in [4.78, 5) is 12.4. The molecule has 0 fully saturated rings. The number of hydrogen-bond acceptors (Lipinski definition) is 3. The maximum absolute atomic E-state index is 12.4. The highest BCUT2D eigenvalue weighted by Crippen LogP contribution is 2.15. The maximum atomic E-state index is 12.4. The van der Waals surface area contributed by atoms with Crippen LogP contribution in [0.3, 0.4) is 0 Å². The molecule has 0 unspecified atom stereocenters. The van der Waals surface area contributed by atoms with Gasteiger partial charge in [-0.3, -0.25) is 4.79 Å². The SMILES string of the molecule is CC(C)(C)NS(=O)(=O)c1cccc(C(=O)NCCc2cccc(Cl)c2)c1. The molecule has 0 spiro atoms. The maximum Gasteiger partial charge on any atom is 0.251 e. The summed E-state index contributed by atoms with van der Waals surface area (Å²) in [6.45, 7) is 5.71. The molecule has 0 bridgehead atoms. The second-order valence-electron chi connectivity index (χ2n) is 7.02. The molecule has 0 atom stereocenters. The van der Waals surface area contributed by atoms with E-state index in [1.54, 1.807) is 39.0 Å². The highest BCUT2D eigenvalue weighted by atomic mass is 35.5. The van der Waals surface area contributed by atoms with Crippen molar-refractivity contribution in [2.75, 3.05) is 6.54 Å². The van der Waals surface area contributed by atoms with Crippen LogP contribution < -0.4 is 10.0 Å². The van der Waals surface area contributed by atoms with E-state index in [0.717, 1.165) is 5.56 Å². The van der Waals surface area contributed by atoms with Crippen LogP contribution in [0.2, 0.25) is 5.02 Å². The van der Waals surface area contributed by atoms with Gasteiger partial charge in [0, 0.05) is 22.7 Å². The fourth-order valence-corrected chi connectivity index (χ4v) is 4.06. The lowest BCUT2D eigenvalue weighted by atomic mass is 10.1. The lowest BCUT2D eigenvalue weighted by Gasteiger charge is -2.20. The first-order valence-electron chi connectivity index (χ1n) is 8.23. The molecule has 140 valence electrons. The quantitative estimate of drug-likeness (QED) is 0.788. The molecule has 0 heterocycles. The predicted molar refractivity (Wildman–Crippen MR) is 104 cm³/mol. The minimum Gasteiger partial charge on any atom is -0.352 e. The number of hydrogen-bond donors (Lipinski definition) is 2. The van der Waals surface area contributed by atoms with Gasteiger partial charge in [-0.1, -0.05) is 29.8 Å².